The molecule has 0 bridgehead atoms. The second-order valence-corrected chi connectivity index (χ2v) is 6.04. The van der Waals surface area contributed by atoms with Crippen molar-refractivity contribution in [1.29, 1.82) is 0 Å². The van der Waals surface area contributed by atoms with E-state index in [-0.39, 0.29) is 0 Å². The van der Waals surface area contributed by atoms with E-state index < -0.39 is 0 Å². The smallest absolute Gasteiger partial charge is 0.125 e. The van der Waals surface area contributed by atoms with Crippen molar-refractivity contribution in [3.8, 4) is 5.75 Å². The van der Waals surface area contributed by atoms with Crippen molar-refractivity contribution in [3.63, 3.8) is 0 Å². The van der Waals surface area contributed by atoms with Crippen molar-refractivity contribution >= 4 is 15.9 Å². The highest BCUT2D eigenvalue weighted by Gasteiger charge is 2.17. The summed E-state index contributed by atoms with van der Waals surface area (Å²) in [5, 5.41) is 3.34. The van der Waals surface area contributed by atoms with E-state index in [1.165, 1.54) is 11.1 Å². The number of benzene rings is 1. The summed E-state index contributed by atoms with van der Waals surface area (Å²) in [6.07, 6.45) is 1.92. The van der Waals surface area contributed by atoms with E-state index in [1.54, 1.807) is 0 Å². The molecular formula is C15H22BrNO2. The Morgan fingerprint density at radius 3 is 3.00 bits per heavy atom. The normalized spacial score (nSPS) is 13.7. The van der Waals surface area contributed by atoms with Crippen LogP contribution >= 0.6 is 15.9 Å². The summed E-state index contributed by atoms with van der Waals surface area (Å²) in [6, 6.07) is 4.81. The van der Waals surface area contributed by atoms with Crippen LogP contribution in [0, 0.1) is 0 Å². The molecule has 1 aromatic carbocycles. The lowest BCUT2D eigenvalue weighted by molar-refractivity contribution is 0.137. The lowest BCUT2D eigenvalue weighted by Gasteiger charge is -2.11. The number of rotatable bonds is 7. The Labute approximate surface area is 123 Å². The van der Waals surface area contributed by atoms with Gasteiger partial charge in [-0.3, -0.25) is 0 Å². The van der Waals surface area contributed by atoms with Crippen molar-refractivity contribution in [2.75, 3.05) is 26.4 Å². The average molecular weight is 328 g/mol. The molecule has 0 radical (unpaired) electrons. The Bertz CT molecular complexity index is 421. The lowest BCUT2D eigenvalue weighted by Crippen LogP contribution is -2.26. The van der Waals surface area contributed by atoms with Crippen LogP contribution in [0.15, 0.2) is 16.6 Å². The Kier molecular flexibility index (Phi) is 5.67. The molecule has 0 saturated heterocycles. The van der Waals surface area contributed by atoms with Gasteiger partial charge in [-0.05, 0) is 29.7 Å². The second kappa shape index (κ2) is 7.27. The van der Waals surface area contributed by atoms with Crippen molar-refractivity contribution < 1.29 is 9.47 Å². The predicted molar refractivity (Wildman–Crippen MR) is 81.0 cm³/mol. The third kappa shape index (κ3) is 4.48. The van der Waals surface area contributed by atoms with Gasteiger partial charge in [0.1, 0.15) is 5.75 Å². The van der Waals surface area contributed by atoms with Gasteiger partial charge in [0, 0.05) is 23.5 Å². The summed E-state index contributed by atoms with van der Waals surface area (Å²) in [6.45, 7) is 7.49. The Morgan fingerprint density at radius 2 is 2.21 bits per heavy atom. The highest BCUT2D eigenvalue weighted by Crippen LogP contribution is 2.33. The topological polar surface area (TPSA) is 30.5 Å². The summed E-state index contributed by atoms with van der Waals surface area (Å²) in [7, 11) is 0. The predicted octanol–water partition coefficient (Wildman–Crippen LogP) is 2.94. The van der Waals surface area contributed by atoms with Crippen molar-refractivity contribution in [2.45, 2.75) is 32.7 Å². The Hall–Kier alpha value is -0.580. The molecule has 0 amide bonds. The minimum absolute atomic E-state index is 0.519. The third-order valence-electron chi connectivity index (χ3n) is 3.14. The van der Waals surface area contributed by atoms with Gasteiger partial charge in [-0.15, -0.1) is 0 Å². The number of nitrogens with one attached hydrogen (secondary N) is 1. The molecule has 1 aliphatic heterocycles. The maximum Gasteiger partial charge on any atom is 0.125 e. The largest absolute Gasteiger partial charge is 0.493 e. The molecule has 1 aliphatic rings. The zero-order valence-corrected chi connectivity index (χ0v) is 13.3. The quantitative estimate of drug-likeness (QED) is 0.781. The molecule has 0 spiro atoms. The van der Waals surface area contributed by atoms with Gasteiger partial charge >= 0.3 is 0 Å². The Morgan fingerprint density at radius 1 is 1.37 bits per heavy atom. The number of halogens is 1. The van der Waals surface area contributed by atoms with Crippen LogP contribution in [0.2, 0.25) is 0 Å². The van der Waals surface area contributed by atoms with Gasteiger partial charge in [-0.1, -0.05) is 29.8 Å². The van der Waals surface area contributed by atoms with Gasteiger partial charge in [-0.25, -0.2) is 0 Å². The van der Waals surface area contributed by atoms with Crippen molar-refractivity contribution in [3.05, 3.63) is 27.7 Å². The number of ether oxygens (including phenoxy) is 2. The maximum atomic E-state index is 5.71. The van der Waals surface area contributed by atoms with E-state index >= 15 is 0 Å². The van der Waals surface area contributed by atoms with Gasteiger partial charge in [0.05, 0.1) is 19.8 Å². The number of hydrogen-bond donors (Lipinski definition) is 1. The van der Waals surface area contributed by atoms with Crippen LogP contribution in [0.1, 0.15) is 25.0 Å². The van der Waals surface area contributed by atoms with Crippen molar-refractivity contribution in [2.24, 2.45) is 0 Å². The van der Waals surface area contributed by atoms with E-state index in [1.807, 2.05) is 0 Å². The van der Waals surface area contributed by atoms with Crippen LogP contribution in [0.5, 0.6) is 5.75 Å². The molecule has 1 aromatic rings. The van der Waals surface area contributed by atoms with Gasteiger partial charge < -0.3 is 14.8 Å². The molecule has 0 aromatic heterocycles. The molecule has 1 heterocycles. The van der Waals surface area contributed by atoms with E-state index in [2.05, 4.69) is 47.2 Å². The van der Waals surface area contributed by atoms with Gasteiger partial charge in [0.15, 0.2) is 0 Å². The molecule has 3 nitrogen and oxygen atoms in total. The third-order valence-corrected chi connectivity index (χ3v) is 3.60. The zero-order valence-electron chi connectivity index (χ0n) is 11.7. The van der Waals surface area contributed by atoms with Gasteiger partial charge in [-0.2, -0.15) is 0 Å². The molecule has 0 unspecified atom stereocenters. The summed E-state index contributed by atoms with van der Waals surface area (Å²) in [5.41, 5.74) is 2.56. The zero-order chi connectivity index (χ0) is 13.7. The number of fused-ring (bicyclic) bond motifs is 1. The fourth-order valence-corrected chi connectivity index (χ4v) is 2.79. The first-order valence-corrected chi connectivity index (χ1v) is 7.71. The van der Waals surface area contributed by atoms with E-state index in [4.69, 9.17) is 9.47 Å². The first-order valence-electron chi connectivity index (χ1n) is 6.92. The molecule has 1 N–H and O–H groups in total. The molecule has 19 heavy (non-hydrogen) atoms. The van der Waals surface area contributed by atoms with E-state index in [0.717, 1.165) is 49.4 Å². The van der Waals surface area contributed by atoms with Gasteiger partial charge in [0.2, 0.25) is 0 Å². The van der Waals surface area contributed by atoms with Crippen LogP contribution in [0.4, 0.5) is 0 Å². The van der Waals surface area contributed by atoms with Gasteiger partial charge in [0.25, 0.3) is 0 Å². The summed E-state index contributed by atoms with van der Waals surface area (Å²) in [5.74, 6) is 1.08. The summed E-state index contributed by atoms with van der Waals surface area (Å²) < 4.78 is 12.5. The molecular weight excluding hydrogens is 306 g/mol. The molecule has 0 aliphatic carbocycles. The average Bonchev–Trinajstić information content (AvgIpc) is 2.80. The number of hydrogen-bond acceptors (Lipinski definition) is 3. The van der Waals surface area contributed by atoms with E-state index in [0.29, 0.717) is 6.04 Å². The van der Waals surface area contributed by atoms with Crippen LogP contribution < -0.4 is 10.1 Å². The maximum absolute atomic E-state index is 5.71. The SMILES string of the molecule is CC(C)NCCOCCc1cc(Br)cc2c1OCC2. The van der Waals surface area contributed by atoms with Crippen molar-refractivity contribution in [1.82, 2.24) is 5.32 Å². The fourth-order valence-electron chi connectivity index (χ4n) is 2.24. The first-order chi connectivity index (χ1) is 9.16. The molecule has 0 saturated carbocycles. The lowest BCUT2D eigenvalue weighted by atomic mass is 10.1. The first kappa shape index (κ1) is 14.8. The summed E-state index contributed by atoms with van der Waals surface area (Å²) in [4.78, 5) is 0. The molecule has 106 valence electrons. The summed E-state index contributed by atoms with van der Waals surface area (Å²) >= 11 is 3.56. The monoisotopic (exact) mass is 327 g/mol. The van der Waals surface area contributed by atoms with Crippen LogP contribution in [0.25, 0.3) is 0 Å². The highest BCUT2D eigenvalue weighted by atomic mass is 79.9. The highest BCUT2D eigenvalue weighted by molar-refractivity contribution is 9.10. The molecule has 0 fully saturated rings. The molecule has 4 heteroatoms. The van der Waals surface area contributed by atoms with Crippen LogP contribution in [-0.4, -0.2) is 32.4 Å². The minimum atomic E-state index is 0.519. The van der Waals surface area contributed by atoms with Crippen LogP contribution in [0.3, 0.4) is 0 Å². The van der Waals surface area contributed by atoms with E-state index in [9.17, 15) is 0 Å². The molecule has 0 atom stereocenters. The fraction of sp³-hybridized carbons (Fsp3) is 0.600. The second-order valence-electron chi connectivity index (χ2n) is 5.12. The Balaban J connectivity index is 1.77. The van der Waals surface area contributed by atoms with Crippen LogP contribution in [-0.2, 0) is 17.6 Å². The molecule has 2 rings (SSSR count). The standard InChI is InChI=1S/C15H22BrNO2/c1-11(2)17-5-8-18-6-3-12-9-14(16)10-13-4-7-19-15(12)13/h9-11,17H,3-8H2,1-2H3. The minimum Gasteiger partial charge on any atom is -0.493 e.